The van der Waals surface area contributed by atoms with Crippen LogP contribution in [0.15, 0.2) is 17.6 Å². The van der Waals surface area contributed by atoms with Gasteiger partial charge in [0, 0.05) is 18.1 Å². The lowest BCUT2D eigenvalue weighted by Crippen LogP contribution is -2.30. The number of rotatable bonds is 5. The Morgan fingerprint density at radius 1 is 1.85 bits per heavy atom. The number of hydrogen-bond donors (Lipinski definition) is 3. The van der Waals surface area contributed by atoms with Crippen LogP contribution in [0, 0.1) is 0 Å². The maximum absolute atomic E-state index is 10.3. The second-order valence-corrected chi connectivity index (χ2v) is 3.56. The van der Waals surface area contributed by atoms with E-state index in [0.717, 1.165) is 5.16 Å². The van der Waals surface area contributed by atoms with Crippen LogP contribution in [0.5, 0.6) is 0 Å². The summed E-state index contributed by atoms with van der Waals surface area (Å²) in [5.74, 6) is -0.305. The van der Waals surface area contributed by atoms with Crippen molar-refractivity contribution in [2.45, 2.75) is 17.6 Å². The zero-order chi connectivity index (χ0) is 9.68. The molecule has 13 heavy (non-hydrogen) atoms. The standard InChI is InChI=1S/C7H11N3O2S/c8-5(6(11)12)1-4-13-7-9-2-3-10-7/h2-3,5H,1,4,8H2,(H,9,10)(H,11,12). The van der Waals surface area contributed by atoms with Gasteiger partial charge in [-0.25, -0.2) is 4.98 Å². The van der Waals surface area contributed by atoms with E-state index in [4.69, 9.17) is 10.8 Å². The van der Waals surface area contributed by atoms with E-state index in [1.165, 1.54) is 11.8 Å². The van der Waals surface area contributed by atoms with Gasteiger partial charge in [-0.1, -0.05) is 11.8 Å². The van der Waals surface area contributed by atoms with E-state index < -0.39 is 12.0 Å². The van der Waals surface area contributed by atoms with Crippen molar-refractivity contribution in [3.63, 3.8) is 0 Å². The monoisotopic (exact) mass is 201 g/mol. The third kappa shape index (κ3) is 3.47. The van der Waals surface area contributed by atoms with Crippen molar-refractivity contribution in [3.8, 4) is 0 Å². The molecule has 0 bridgehead atoms. The maximum atomic E-state index is 10.3. The highest BCUT2D eigenvalue weighted by Gasteiger charge is 2.10. The molecule has 6 heteroatoms. The zero-order valence-electron chi connectivity index (χ0n) is 6.93. The van der Waals surface area contributed by atoms with Crippen LogP contribution in [0.3, 0.4) is 0 Å². The minimum Gasteiger partial charge on any atom is -0.480 e. The van der Waals surface area contributed by atoms with Crippen molar-refractivity contribution >= 4 is 17.7 Å². The fourth-order valence-electron chi connectivity index (χ4n) is 0.736. The Morgan fingerprint density at radius 2 is 2.62 bits per heavy atom. The quantitative estimate of drug-likeness (QED) is 0.596. The highest BCUT2D eigenvalue weighted by atomic mass is 32.2. The third-order valence-corrected chi connectivity index (χ3v) is 2.39. The number of imidazole rings is 1. The highest BCUT2D eigenvalue weighted by molar-refractivity contribution is 7.99. The summed E-state index contributed by atoms with van der Waals surface area (Å²) in [6.45, 7) is 0. The van der Waals surface area contributed by atoms with Gasteiger partial charge in [0.25, 0.3) is 0 Å². The molecule has 72 valence electrons. The number of carboxylic acid groups (broad SMARTS) is 1. The molecule has 0 aliphatic rings. The number of thioether (sulfide) groups is 1. The van der Waals surface area contributed by atoms with E-state index in [2.05, 4.69) is 9.97 Å². The van der Waals surface area contributed by atoms with E-state index >= 15 is 0 Å². The number of carboxylic acids is 1. The molecule has 1 rings (SSSR count). The molecule has 0 fully saturated rings. The van der Waals surface area contributed by atoms with Gasteiger partial charge in [-0.05, 0) is 6.42 Å². The van der Waals surface area contributed by atoms with E-state index in [9.17, 15) is 4.79 Å². The number of nitrogens with two attached hydrogens (primary N) is 1. The van der Waals surface area contributed by atoms with E-state index in [-0.39, 0.29) is 0 Å². The molecule has 0 amide bonds. The fourth-order valence-corrected chi connectivity index (χ4v) is 1.59. The number of aromatic nitrogens is 2. The SMILES string of the molecule is NC(CCSc1ncc[nH]1)C(=O)O. The topological polar surface area (TPSA) is 92.0 Å². The lowest BCUT2D eigenvalue weighted by atomic mass is 10.2. The van der Waals surface area contributed by atoms with Crippen LogP contribution < -0.4 is 5.73 Å². The Morgan fingerprint density at radius 3 is 3.15 bits per heavy atom. The molecule has 0 saturated carbocycles. The fraction of sp³-hybridized carbons (Fsp3) is 0.429. The molecule has 0 aliphatic heterocycles. The number of aromatic amines is 1. The molecule has 5 nitrogen and oxygen atoms in total. The zero-order valence-corrected chi connectivity index (χ0v) is 7.75. The number of carbonyl (C=O) groups is 1. The second-order valence-electron chi connectivity index (χ2n) is 2.48. The van der Waals surface area contributed by atoms with Crippen molar-refractivity contribution in [3.05, 3.63) is 12.4 Å². The minimum absolute atomic E-state index is 0.445. The van der Waals surface area contributed by atoms with E-state index in [1.54, 1.807) is 12.4 Å². The Balaban J connectivity index is 2.18. The minimum atomic E-state index is -0.958. The predicted molar refractivity (Wildman–Crippen MR) is 49.5 cm³/mol. The van der Waals surface area contributed by atoms with Crippen LogP contribution in [-0.4, -0.2) is 32.8 Å². The molecule has 1 aromatic heterocycles. The highest BCUT2D eigenvalue weighted by Crippen LogP contribution is 2.13. The normalized spacial score (nSPS) is 12.7. The van der Waals surface area contributed by atoms with Crippen LogP contribution in [0.4, 0.5) is 0 Å². The summed E-state index contributed by atoms with van der Waals surface area (Å²) >= 11 is 1.46. The predicted octanol–water partition coefficient (Wildman–Crippen LogP) is 0.304. The molecule has 1 aromatic rings. The molecule has 0 spiro atoms. The first-order chi connectivity index (χ1) is 6.20. The summed E-state index contributed by atoms with van der Waals surface area (Å²) in [5, 5.41) is 9.27. The lowest BCUT2D eigenvalue weighted by molar-refractivity contribution is -0.138. The molecule has 0 saturated heterocycles. The number of nitrogens with zero attached hydrogens (tertiary/aromatic N) is 1. The average Bonchev–Trinajstić information content (AvgIpc) is 2.56. The molecule has 0 aliphatic carbocycles. The van der Waals surface area contributed by atoms with Crippen LogP contribution in [0.1, 0.15) is 6.42 Å². The summed E-state index contributed by atoms with van der Waals surface area (Å²) in [6.07, 6.45) is 3.82. The first-order valence-corrected chi connectivity index (χ1v) is 4.79. The van der Waals surface area contributed by atoms with Gasteiger partial charge in [-0.3, -0.25) is 4.79 Å². The second kappa shape index (κ2) is 4.88. The first-order valence-electron chi connectivity index (χ1n) is 3.80. The van der Waals surface area contributed by atoms with Crippen LogP contribution in [0.2, 0.25) is 0 Å². The van der Waals surface area contributed by atoms with Gasteiger partial charge >= 0.3 is 5.97 Å². The summed E-state index contributed by atoms with van der Waals surface area (Å²) < 4.78 is 0. The van der Waals surface area contributed by atoms with Gasteiger partial charge in [0.1, 0.15) is 6.04 Å². The van der Waals surface area contributed by atoms with Crippen molar-refractivity contribution in [1.82, 2.24) is 9.97 Å². The average molecular weight is 201 g/mol. The molecular weight excluding hydrogens is 190 g/mol. The number of H-pyrrole nitrogens is 1. The smallest absolute Gasteiger partial charge is 0.320 e. The van der Waals surface area contributed by atoms with Crippen molar-refractivity contribution in [1.29, 1.82) is 0 Å². The van der Waals surface area contributed by atoms with Crippen LogP contribution >= 0.6 is 11.8 Å². The van der Waals surface area contributed by atoms with Gasteiger partial charge in [0.05, 0.1) is 0 Å². The third-order valence-electron chi connectivity index (χ3n) is 1.46. The first kappa shape index (κ1) is 10.1. The lowest BCUT2D eigenvalue weighted by Gasteiger charge is -2.03. The van der Waals surface area contributed by atoms with Gasteiger partial charge in [-0.15, -0.1) is 0 Å². The Labute approximate surface area is 79.7 Å². The van der Waals surface area contributed by atoms with Gasteiger partial charge in [0.2, 0.25) is 0 Å². The summed E-state index contributed by atoms with van der Waals surface area (Å²) in [5.41, 5.74) is 5.31. The molecule has 4 N–H and O–H groups in total. The largest absolute Gasteiger partial charge is 0.480 e. The Kier molecular flexibility index (Phi) is 3.78. The molecule has 1 heterocycles. The van der Waals surface area contributed by atoms with Crippen LogP contribution in [0.25, 0.3) is 0 Å². The van der Waals surface area contributed by atoms with Gasteiger partial charge in [-0.2, -0.15) is 0 Å². The van der Waals surface area contributed by atoms with Crippen molar-refractivity contribution in [2.24, 2.45) is 5.73 Å². The molecule has 0 aromatic carbocycles. The maximum Gasteiger partial charge on any atom is 0.320 e. The van der Waals surface area contributed by atoms with Crippen molar-refractivity contribution < 1.29 is 9.90 Å². The van der Waals surface area contributed by atoms with E-state index in [1.807, 2.05) is 0 Å². The number of hydrogen-bond acceptors (Lipinski definition) is 4. The Hall–Kier alpha value is -1.01. The summed E-state index contributed by atoms with van der Waals surface area (Å²) in [6, 6.07) is -0.775. The van der Waals surface area contributed by atoms with Crippen LogP contribution in [-0.2, 0) is 4.79 Å². The van der Waals surface area contributed by atoms with E-state index in [0.29, 0.717) is 12.2 Å². The summed E-state index contributed by atoms with van der Waals surface area (Å²) in [7, 11) is 0. The molecular formula is C7H11N3O2S. The molecule has 0 radical (unpaired) electrons. The van der Waals surface area contributed by atoms with Gasteiger partial charge < -0.3 is 15.8 Å². The number of aliphatic carboxylic acids is 1. The van der Waals surface area contributed by atoms with Gasteiger partial charge in [0.15, 0.2) is 5.16 Å². The number of nitrogens with one attached hydrogen (secondary N) is 1. The molecule has 1 unspecified atom stereocenters. The molecule has 1 atom stereocenters. The van der Waals surface area contributed by atoms with Crippen molar-refractivity contribution in [2.75, 3.05) is 5.75 Å². The Bertz CT molecular complexity index is 263. The summed E-state index contributed by atoms with van der Waals surface area (Å²) in [4.78, 5) is 17.2.